The molecule has 0 aliphatic carbocycles. The second-order valence-corrected chi connectivity index (χ2v) is 7.78. The Morgan fingerprint density at radius 3 is 2.74 bits per heavy atom. The molecule has 0 amide bonds. The van der Waals surface area contributed by atoms with Gasteiger partial charge < -0.3 is 9.15 Å². The molecule has 136 valence electrons. The molecule has 4 aromatic rings. The Hall–Kier alpha value is -2.71. The van der Waals surface area contributed by atoms with Gasteiger partial charge in [-0.2, -0.15) is 0 Å². The number of benzene rings is 1. The van der Waals surface area contributed by atoms with Crippen molar-refractivity contribution >= 4 is 39.4 Å². The number of ether oxygens (including phenoxy) is 1. The molecule has 0 atom stereocenters. The van der Waals surface area contributed by atoms with E-state index in [4.69, 9.17) is 9.40 Å². The predicted octanol–water partition coefficient (Wildman–Crippen LogP) is 4.73. The number of carbonyl (C=O) groups is 1. The van der Waals surface area contributed by atoms with Crippen molar-refractivity contribution in [3.8, 4) is 11.3 Å². The minimum Gasteiger partial charge on any atom is -0.463 e. The van der Waals surface area contributed by atoms with Gasteiger partial charge in [-0.25, -0.2) is 19.7 Å². The second kappa shape index (κ2) is 7.50. The van der Waals surface area contributed by atoms with Crippen LogP contribution in [0.3, 0.4) is 0 Å². The lowest BCUT2D eigenvalue weighted by atomic mass is 10.1. The summed E-state index contributed by atoms with van der Waals surface area (Å²) in [6.45, 7) is 1.96. The lowest BCUT2D eigenvalue weighted by Gasteiger charge is -2.05. The highest BCUT2D eigenvalue weighted by Gasteiger charge is 2.15. The molecular formula is C19H15N3O3S2. The Labute approximate surface area is 163 Å². The molecule has 8 heteroatoms. The zero-order valence-electron chi connectivity index (χ0n) is 14.6. The van der Waals surface area contributed by atoms with Crippen LogP contribution in [0.25, 0.3) is 21.6 Å². The van der Waals surface area contributed by atoms with Crippen molar-refractivity contribution in [2.45, 2.75) is 17.8 Å². The Kier molecular flexibility index (Phi) is 4.91. The van der Waals surface area contributed by atoms with E-state index in [0.29, 0.717) is 16.7 Å². The number of aromatic nitrogens is 3. The van der Waals surface area contributed by atoms with Gasteiger partial charge in [-0.15, -0.1) is 0 Å². The lowest BCUT2D eigenvalue weighted by molar-refractivity contribution is 0.0563. The maximum Gasteiger partial charge on any atom is 0.373 e. The van der Waals surface area contributed by atoms with Crippen LogP contribution in [-0.4, -0.2) is 28.0 Å². The van der Waals surface area contributed by atoms with E-state index in [2.05, 4.69) is 14.7 Å². The molecule has 0 radical (unpaired) electrons. The molecule has 3 aromatic heterocycles. The van der Waals surface area contributed by atoms with Crippen molar-refractivity contribution in [3.05, 3.63) is 59.0 Å². The van der Waals surface area contributed by atoms with Gasteiger partial charge in [0.15, 0.2) is 5.16 Å². The summed E-state index contributed by atoms with van der Waals surface area (Å²) in [6.07, 6.45) is 0. The molecule has 0 aliphatic heterocycles. The third kappa shape index (κ3) is 3.72. The van der Waals surface area contributed by atoms with E-state index < -0.39 is 5.97 Å². The minimum atomic E-state index is -0.490. The maximum atomic E-state index is 11.5. The first-order chi connectivity index (χ1) is 13.1. The molecule has 0 N–H and O–H groups in total. The van der Waals surface area contributed by atoms with Crippen LogP contribution in [0.1, 0.15) is 21.3 Å². The molecule has 4 rings (SSSR count). The Balaban J connectivity index is 1.64. The first-order valence-electron chi connectivity index (χ1n) is 8.14. The molecular weight excluding hydrogens is 382 g/mol. The van der Waals surface area contributed by atoms with E-state index in [0.717, 1.165) is 26.6 Å². The van der Waals surface area contributed by atoms with Gasteiger partial charge in [-0.1, -0.05) is 53.4 Å². The molecule has 27 heavy (non-hydrogen) atoms. The van der Waals surface area contributed by atoms with Gasteiger partial charge in [0.2, 0.25) is 5.76 Å². The van der Waals surface area contributed by atoms with E-state index in [-0.39, 0.29) is 5.76 Å². The summed E-state index contributed by atoms with van der Waals surface area (Å²) in [5, 5.41) is 1.59. The molecule has 1 aromatic carbocycles. The van der Waals surface area contributed by atoms with Crippen molar-refractivity contribution in [1.29, 1.82) is 0 Å². The lowest BCUT2D eigenvalue weighted by Crippen LogP contribution is -1.98. The van der Waals surface area contributed by atoms with Gasteiger partial charge in [-0.3, -0.25) is 0 Å². The zero-order chi connectivity index (χ0) is 18.8. The monoisotopic (exact) mass is 397 g/mol. The summed E-state index contributed by atoms with van der Waals surface area (Å²) < 4.78 is 10.2. The number of esters is 1. The standard InChI is InChI=1S/C19H15N3O3S2/c1-11-20-16-15(12-6-4-3-5-7-12)21-19(22-17(16)27-11)26-10-13-8-9-14(25-13)18(23)24-2/h3-9H,10H2,1-2H3. The Bertz CT molecular complexity index is 1110. The maximum absolute atomic E-state index is 11.5. The third-order valence-corrected chi connectivity index (χ3v) is 5.52. The number of hydrogen-bond donors (Lipinski definition) is 0. The molecule has 0 aliphatic rings. The molecule has 6 nitrogen and oxygen atoms in total. The summed E-state index contributed by atoms with van der Waals surface area (Å²) in [5.74, 6) is 0.864. The number of furan rings is 1. The van der Waals surface area contributed by atoms with Crippen molar-refractivity contribution in [2.24, 2.45) is 0 Å². The fourth-order valence-corrected chi connectivity index (χ4v) is 4.15. The number of rotatable bonds is 5. The summed E-state index contributed by atoms with van der Waals surface area (Å²) in [5.41, 5.74) is 2.64. The summed E-state index contributed by atoms with van der Waals surface area (Å²) in [6, 6.07) is 13.3. The van der Waals surface area contributed by atoms with Crippen molar-refractivity contribution in [1.82, 2.24) is 15.0 Å². The number of thiazole rings is 1. The van der Waals surface area contributed by atoms with Crippen molar-refractivity contribution in [2.75, 3.05) is 7.11 Å². The topological polar surface area (TPSA) is 78.1 Å². The average molecular weight is 397 g/mol. The molecule has 0 fully saturated rings. The quantitative estimate of drug-likeness (QED) is 0.273. The SMILES string of the molecule is COC(=O)c1ccc(CSc2nc(-c3ccccc3)c3nc(C)sc3n2)o1. The van der Waals surface area contributed by atoms with Gasteiger partial charge in [0.05, 0.1) is 17.9 Å². The van der Waals surface area contributed by atoms with Crippen molar-refractivity contribution < 1.29 is 13.9 Å². The van der Waals surface area contributed by atoms with E-state index in [1.807, 2.05) is 37.3 Å². The number of thioether (sulfide) groups is 1. The van der Waals surface area contributed by atoms with Crippen LogP contribution < -0.4 is 0 Å². The van der Waals surface area contributed by atoms with Crippen LogP contribution in [-0.2, 0) is 10.5 Å². The molecule has 0 unspecified atom stereocenters. The van der Waals surface area contributed by atoms with Crippen molar-refractivity contribution in [3.63, 3.8) is 0 Å². The number of fused-ring (bicyclic) bond motifs is 1. The van der Waals surface area contributed by atoms with Gasteiger partial charge in [-0.05, 0) is 19.1 Å². The van der Waals surface area contributed by atoms with Crippen LogP contribution in [0.15, 0.2) is 52.0 Å². The average Bonchev–Trinajstić information content (AvgIpc) is 3.31. The Morgan fingerprint density at radius 1 is 1.15 bits per heavy atom. The van der Waals surface area contributed by atoms with E-state index >= 15 is 0 Å². The van der Waals surface area contributed by atoms with Gasteiger partial charge in [0, 0.05) is 5.56 Å². The smallest absolute Gasteiger partial charge is 0.373 e. The highest BCUT2D eigenvalue weighted by atomic mass is 32.2. The van der Waals surface area contributed by atoms with Crippen LogP contribution in [0.4, 0.5) is 0 Å². The number of methoxy groups -OCH3 is 1. The fraction of sp³-hybridized carbons (Fsp3) is 0.158. The molecule has 0 bridgehead atoms. The second-order valence-electron chi connectivity index (χ2n) is 5.65. The normalized spacial score (nSPS) is 11.0. The molecule has 0 saturated carbocycles. The molecule has 0 spiro atoms. The van der Waals surface area contributed by atoms with E-state index in [1.165, 1.54) is 18.9 Å². The number of hydrogen-bond acceptors (Lipinski definition) is 8. The zero-order valence-corrected chi connectivity index (χ0v) is 16.3. The third-order valence-electron chi connectivity index (χ3n) is 3.78. The molecule has 0 saturated heterocycles. The van der Waals surface area contributed by atoms with E-state index in [1.54, 1.807) is 23.5 Å². The number of aryl methyl sites for hydroxylation is 1. The molecule has 3 heterocycles. The van der Waals surface area contributed by atoms with Crippen LogP contribution >= 0.6 is 23.1 Å². The van der Waals surface area contributed by atoms with Crippen LogP contribution in [0, 0.1) is 6.92 Å². The summed E-state index contributed by atoms with van der Waals surface area (Å²) in [4.78, 5) is 26.3. The van der Waals surface area contributed by atoms with E-state index in [9.17, 15) is 4.79 Å². The van der Waals surface area contributed by atoms with Crippen LogP contribution in [0.5, 0.6) is 0 Å². The predicted molar refractivity (Wildman–Crippen MR) is 105 cm³/mol. The minimum absolute atomic E-state index is 0.188. The highest BCUT2D eigenvalue weighted by molar-refractivity contribution is 7.98. The first-order valence-corrected chi connectivity index (χ1v) is 9.94. The number of carbonyl (C=O) groups excluding carboxylic acids is 1. The summed E-state index contributed by atoms with van der Waals surface area (Å²) in [7, 11) is 1.32. The largest absolute Gasteiger partial charge is 0.463 e. The van der Waals surface area contributed by atoms with Gasteiger partial charge in [0.1, 0.15) is 21.8 Å². The Morgan fingerprint density at radius 2 is 1.96 bits per heavy atom. The highest BCUT2D eigenvalue weighted by Crippen LogP contribution is 2.32. The fourth-order valence-electron chi connectivity index (χ4n) is 2.57. The van der Waals surface area contributed by atoms with Crippen LogP contribution in [0.2, 0.25) is 0 Å². The van der Waals surface area contributed by atoms with Gasteiger partial charge in [0.25, 0.3) is 0 Å². The van der Waals surface area contributed by atoms with Gasteiger partial charge >= 0.3 is 5.97 Å². The first kappa shape index (κ1) is 17.7. The summed E-state index contributed by atoms with van der Waals surface area (Å²) >= 11 is 3.00. The number of nitrogens with zero attached hydrogens (tertiary/aromatic N) is 3.